The highest BCUT2D eigenvalue weighted by molar-refractivity contribution is 5.97. The van der Waals surface area contributed by atoms with Crippen LogP contribution in [0.15, 0.2) is 42.5 Å². The Kier molecular flexibility index (Phi) is 9.69. The van der Waals surface area contributed by atoms with Crippen LogP contribution in [0.5, 0.6) is 17.2 Å². The van der Waals surface area contributed by atoms with E-state index in [4.69, 9.17) is 18.9 Å². The van der Waals surface area contributed by atoms with Gasteiger partial charge in [0.05, 0.1) is 36.6 Å². The average molecular weight is 633 g/mol. The summed E-state index contributed by atoms with van der Waals surface area (Å²) in [7, 11) is 1.59. The van der Waals surface area contributed by atoms with Crippen LogP contribution in [0, 0.1) is 6.92 Å². The van der Waals surface area contributed by atoms with E-state index >= 15 is 0 Å². The number of nitrogens with one attached hydrogen (secondary N) is 4. The van der Waals surface area contributed by atoms with Gasteiger partial charge in [0.2, 0.25) is 0 Å². The molecule has 4 N–H and O–H groups in total. The van der Waals surface area contributed by atoms with E-state index in [0.29, 0.717) is 67.0 Å². The summed E-state index contributed by atoms with van der Waals surface area (Å²) in [6.45, 7) is 4.00. The maximum absolute atomic E-state index is 13.7. The molecular formula is C33H40N6O7. The summed E-state index contributed by atoms with van der Waals surface area (Å²) in [4.78, 5) is 41.5. The van der Waals surface area contributed by atoms with Crippen LogP contribution in [0.1, 0.15) is 62.8 Å². The van der Waals surface area contributed by atoms with E-state index in [-0.39, 0.29) is 43.6 Å². The second-order valence-corrected chi connectivity index (χ2v) is 11.8. The first-order valence-electron chi connectivity index (χ1n) is 15.7. The van der Waals surface area contributed by atoms with Crippen molar-refractivity contribution in [2.75, 3.05) is 46.5 Å². The predicted octanol–water partition coefficient (Wildman–Crippen LogP) is 3.26. The average Bonchev–Trinajstić information content (AvgIpc) is 3.82. The maximum atomic E-state index is 13.7. The number of H-pyrrole nitrogens is 1. The van der Waals surface area contributed by atoms with E-state index in [0.717, 1.165) is 29.8 Å². The van der Waals surface area contributed by atoms with Crippen LogP contribution in [-0.4, -0.2) is 91.6 Å². The fourth-order valence-corrected chi connectivity index (χ4v) is 5.76. The lowest BCUT2D eigenvalue weighted by atomic mass is 9.99. The molecule has 6 rings (SSSR count). The molecule has 2 aliphatic heterocycles. The lowest BCUT2D eigenvalue weighted by molar-refractivity contribution is -0.0235. The molecule has 3 aliphatic rings. The summed E-state index contributed by atoms with van der Waals surface area (Å²) in [6, 6.07) is 11.8. The fourth-order valence-electron chi connectivity index (χ4n) is 5.76. The van der Waals surface area contributed by atoms with Gasteiger partial charge < -0.3 is 39.8 Å². The minimum atomic E-state index is -0.466. The molecule has 4 bridgehead atoms. The Morgan fingerprint density at radius 1 is 1.04 bits per heavy atom. The van der Waals surface area contributed by atoms with Crippen molar-refractivity contribution in [1.82, 2.24) is 31.0 Å². The molecule has 0 spiro atoms. The summed E-state index contributed by atoms with van der Waals surface area (Å²) in [5.74, 6) is 1.37. The molecule has 2 atom stereocenters. The number of aryl methyl sites for hydroxylation is 1. The number of hydrogen-bond donors (Lipinski definition) is 4. The highest BCUT2D eigenvalue weighted by Gasteiger charge is 2.38. The molecule has 13 heteroatoms. The van der Waals surface area contributed by atoms with E-state index in [9.17, 15) is 14.4 Å². The number of urea groups is 1. The molecule has 13 nitrogen and oxygen atoms in total. The van der Waals surface area contributed by atoms with Gasteiger partial charge in [-0.05, 0) is 56.0 Å². The maximum Gasteiger partial charge on any atom is 0.315 e. The second kappa shape index (κ2) is 14.2. The summed E-state index contributed by atoms with van der Waals surface area (Å²) in [5, 5.41) is 16.1. The Balaban J connectivity index is 1.22. The van der Waals surface area contributed by atoms with Crippen molar-refractivity contribution >= 4 is 17.8 Å². The number of aromatic nitrogens is 2. The summed E-state index contributed by atoms with van der Waals surface area (Å²) in [5.41, 5.74) is 3.46. The number of piperidine rings is 1. The molecule has 1 saturated carbocycles. The van der Waals surface area contributed by atoms with E-state index < -0.39 is 6.10 Å². The van der Waals surface area contributed by atoms with Crippen LogP contribution in [0.3, 0.4) is 0 Å². The molecule has 3 aromatic rings. The van der Waals surface area contributed by atoms with Crippen LogP contribution in [-0.2, 0) is 16.1 Å². The minimum Gasteiger partial charge on any atom is -0.491 e. The number of likely N-dealkylation sites (tertiary alicyclic amines) is 1. The molecular weight excluding hydrogens is 592 g/mol. The normalized spacial score (nSPS) is 20.6. The highest BCUT2D eigenvalue weighted by atomic mass is 16.5. The largest absolute Gasteiger partial charge is 0.491 e. The van der Waals surface area contributed by atoms with Crippen molar-refractivity contribution in [3.8, 4) is 17.2 Å². The number of fused-ring (bicyclic) bond motifs is 5. The molecule has 244 valence electrons. The van der Waals surface area contributed by atoms with Crippen molar-refractivity contribution in [3.63, 3.8) is 0 Å². The third kappa shape index (κ3) is 7.60. The van der Waals surface area contributed by atoms with Gasteiger partial charge in [-0.15, -0.1) is 0 Å². The molecule has 3 heterocycles. The third-order valence-corrected chi connectivity index (χ3v) is 8.31. The molecule has 2 fully saturated rings. The van der Waals surface area contributed by atoms with Crippen molar-refractivity contribution in [2.45, 2.75) is 50.9 Å². The van der Waals surface area contributed by atoms with Crippen LogP contribution < -0.4 is 25.4 Å². The lowest BCUT2D eigenvalue weighted by Crippen LogP contribution is -2.58. The molecule has 1 aliphatic carbocycles. The van der Waals surface area contributed by atoms with Gasteiger partial charge in [-0.1, -0.05) is 12.1 Å². The van der Waals surface area contributed by atoms with E-state index in [1.54, 1.807) is 30.2 Å². The van der Waals surface area contributed by atoms with Gasteiger partial charge in [0.25, 0.3) is 11.8 Å². The first kappa shape index (κ1) is 31.4. The SMILES string of the molecule is COCCOc1cc2cc(c1)C(=O)NCCNC(=O)N[C@H]1CCN(C(=O)c3c(C4CC4)n[nH]c3C)C[C@@H]1OCc1cccc(c1)O2. The number of aromatic amines is 1. The zero-order valence-electron chi connectivity index (χ0n) is 26.1. The van der Waals surface area contributed by atoms with Crippen molar-refractivity contribution in [3.05, 3.63) is 70.5 Å². The molecule has 0 radical (unpaired) electrons. The number of amides is 4. The van der Waals surface area contributed by atoms with Gasteiger partial charge in [0, 0.05) is 56.5 Å². The standard InChI is InChI=1S/C33H40N6O7/c1-20-29(30(38-37-20)22-6-7-22)32(41)39-11-8-27-28(18-39)45-19-21-4-3-5-24(14-21)46-26-16-23(15-25(17-26)44-13-12-43-2)31(40)34-9-10-35-33(42)36-27/h3-5,14-17,22,27-28H,6-13,18-19H2,1-2H3,(H,34,40)(H,37,38)(H2,35,36,42)/t27-,28-/m0/s1. The van der Waals surface area contributed by atoms with Gasteiger partial charge in [-0.3, -0.25) is 14.7 Å². The van der Waals surface area contributed by atoms with Crippen LogP contribution in [0.4, 0.5) is 4.79 Å². The monoisotopic (exact) mass is 632 g/mol. The zero-order chi connectivity index (χ0) is 32.0. The van der Waals surface area contributed by atoms with Crippen LogP contribution >= 0.6 is 0 Å². The molecule has 4 amide bonds. The van der Waals surface area contributed by atoms with Gasteiger partial charge >= 0.3 is 6.03 Å². The van der Waals surface area contributed by atoms with E-state index in [1.165, 1.54) is 0 Å². The summed E-state index contributed by atoms with van der Waals surface area (Å²) in [6.07, 6.45) is 2.13. The quantitative estimate of drug-likeness (QED) is 0.302. The Morgan fingerprint density at radius 3 is 2.72 bits per heavy atom. The van der Waals surface area contributed by atoms with Gasteiger partial charge in [-0.2, -0.15) is 5.10 Å². The summed E-state index contributed by atoms with van der Waals surface area (Å²) < 4.78 is 23.5. The number of methoxy groups -OCH3 is 1. The molecule has 1 saturated heterocycles. The number of hydrogen-bond acceptors (Lipinski definition) is 8. The number of nitrogens with zero attached hydrogens (tertiary/aromatic N) is 2. The number of benzene rings is 2. The summed E-state index contributed by atoms with van der Waals surface area (Å²) >= 11 is 0. The number of rotatable bonds is 6. The van der Waals surface area contributed by atoms with Crippen molar-refractivity contribution < 1.29 is 33.3 Å². The Morgan fingerprint density at radius 2 is 1.89 bits per heavy atom. The van der Waals surface area contributed by atoms with E-state index in [1.807, 2.05) is 31.2 Å². The third-order valence-electron chi connectivity index (χ3n) is 8.31. The number of carbonyl (C=O) groups is 3. The van der Waals surface area contributed by atoms with E-state index in [2.05, 4.69) is 26.1 Å². The fraction of sp³-hybridized carbons (Fsp3) is 0.455. The molecule has 1 aromatic heterocycles. The van der Waals surface area contributed by atoms with Gasteiger partial charge in [-0.25, -0.2) is 4.79 Å². The smallest absolute Gasteiger partial charge is 0.315 e. The van der Waals surface area contributed by atoms with Crippen molar-refractivity contribution in [1.29, 1.82) is 0 Å². The Hall–Kier alpha value is -4.62. The minimum absolute atomic E-state index is 0.0713. The first-order valence-corrected chi connectivity index (χ1v) is 15.7. The second-order valence-electron chi connectivity index (χ2n) is 11.8. The Bertz CT molecular complexity index is 1570. The number of carbonyl (C=O) groups excluding carboxylic acids is 3. The molecule has 0 unspecified atom stereocenters. The van der Waals surface area contributed by atoms with Gasteiger partial charge in [0.15, 0.2) is 0 Å². The number of ether oxygens (including phenoxy) is 4. The van der Waals surface area contributed by atoms with Crippen LogP contribution in [0.2, 0.25) is 0 Å². The predicted molar refractivity (Wildman–Crippen MR) is 167 cm³/mol. The van der Waals surface area contributed by atoms with Gasteiger partial charge in [0.1, 0.15) is 23.9 Å². The zero-order valence-corrected chi connectivity index (χ0v) is 26.1. The van der Waals surface area contributed by atoms with Crippen molar-refractivity contribution in [2.24, 2.45) is 0 Å². The Labute approximate surface area is 267 Å². The molecule has 2 aromatic carbocycles. The first-order chi connectivity index (χ1) is 22.4. The topological polar surface area (TPSA) is 156 Å². The lowest BCUT2D eigenvalue weighted by Gasteiger charge is -2.38. The highest BCUT2D eigenvalue weighted by Crippen LogP contribution is 2.41. The molecule has 46 heavy (non-hydrogen) atoms. The van der Waals surface area contributed by atoms with Crippen LogP contribution in [0.25, 0.3) is 0 Å².